The summed E-state index contributed by atoms with van der Waals surface area (Å²) in [6, 6.07) is 0. The number of likely N-dealkylation sites (tertiary alicyclic amines) is 2. The maximum absolute atomic E-state index is 12.1. The average molecular weight is 268 g/mol. The van der Waals surface area contributed by atoms with Crippen LogP contribution in [-0.2, 0) is 9.53 Å². The number of hydrogen-bond acceptors (Lipinski definition) is 4. The second-order valence-corrected chi connectivity index (χ2v) is 6.53. The molecular weight excluding hydrogens is 244 g/mol. The lowest BCUT2D eigenvalue weighted by Crippen LogP contribution is -2.59. The maximum atomic E-state index is 12.1. The van der Waals surface area contributed by atoms with E-state index in [0.717, 1.165) is 19.6 Å². The fourth-order valence-electron chi connectivity index (χ4n) is 2.85. The first-order chi connectivity index (χ1) is 8.80. The van der Waals surface area contributed by atoms with Crippen molar-refractivity contribution in [1.82, 2.24) is 9.80 Å². The Morgan fingerprint density at radius 1 is 1.21 bits per heavy atom. The Kier molecular flexibility index (Phi) is 3.85. The van der Waals surface area contributed by atoms with Gasteiger partial charge in [-0.2, -0.15) is 0 Å². The highest BCUT2D eigenvalue weighted by Crippen LogP contribution is 2.26. The minimum absolute atomic E-state index is 0.0417. The Hall–Kier alpha value is -1.10. The van der Waals surface area contributed by atoms with Crippen molar-refractivity contribution in [1.29, 1.82) is 0 Å². The SMILES string of the molecule is CCN1C[C@H]2CN(C(=O)OC(C)(C)C)C[C@H](C1)C2=O. The monoisotopic (exact) mass is 268 g/mol. The Balaban J connectivity index is 2.01. The van der Waals surface area contributed by atoms with Gasteiger partial charge in [-0.1, -0.05) is 6.92 Å². The van der Waals surface area contributed by atoms with E-state index < -0.39 is 5.60 Å². The van der Waals surface area contributed by atoms with E-state index in [1.807, 2.05) is 20.8 Å². The fourth-order valence-corrected chi connectivity index (χ4v) is 2.85. The number of nitrogens with zero attached hydrogens (tertiary/aromatic N) is 2. The van der Waals surface area contributed by atoms with Crippen molar-refractivity contribution in [2.24, 2.45) is 11.8 Å². The summed E-state index contributed by atoms with van der Waals surface area (Å²) in [4.78, 5) is 28.2. The first-order valence-electron chi connectivity index (χ1n) is 7.04. The van der Waals surface area contributed by atoms with Crippen LogP contribution in [0.15, 0.2) is 0 Å². The number of piperidine rings is 2. The lowest BCUT2D eigenvalue weighted by Gasteiger charge is -2.44. The van der Waals surface area contributed by atoms with Gasteiger partial charge in [0.05, 0.1) is 0 Å². The van der Waals surface area contributed by atoms with Gasteiger partial charge >= 0.3 is 6.09 Å². The minimum atomic E-state index is -0.483. The predicted octanol–water partition coefficient (Wildman–Crippen LogP) is 1.37. The van der Waals surface area contributed by atoms with Crippen molar-refractivity contribution >= 4 is 11.9 Å². The quantitative estimate of drug-likeness (QED) is 0.721. The van der Waals surface area contributed by atoms with Gasteiger partial charge in [0.25, 0.3) is 0 Å². The van der Waals surface area contributed by atoms with Gasteiger partial charge in [0, 0.05) is 38.0 Å². The topological polar surface area (TPSA) is 49.9 Å². The van der Waals surface area contributed by atoms with E-state index in [1.54, 1.807) is 4.90 Å². The number of fused-ring (bicyclic) bond motifs is 2. The van der Waals surface area contributed by atoms with Gasteiger partial charge in [-0.15, -0.1) is 0 Å². The van der Waals surface area contributed by atoms with Crippen LogP contribution >= 0.6 is 0 Å². The molecule has 2 aliphatic heterocycles. The number of carbonyl (C=O) groups excluding carboxylic acids is 2. The van der Waals surface area contributed by atoms with Gasteiger partial charge in [0.2, 0.25) is 0 Å². The molecule has 0 N–H and O–H groups in total. The molecule has 2 aliphatic rings. The van der Waals surface area contributed by atoms with E-state index >= 15 is 0 Å². The molecule has 2 atom stereocenters. The molecule has 0 spiro atoms. The van der Waals surface area contributed by atoms with Crippen molar-refractivity contribution < 1.29 is 14.3 Å². The molecule has 0 aromatic rings. The van der Waals surface area contributed by atoms with Crippen LogP contribution in [-0.4, -0.2) is 60.0 Å². The van der Waals surface area contributed by atoms with E-state index in [-0.39, 0.29) is 17.9 Å². The van der Waals surface area contributed by atoms with E-state index in [2.05, 4.69) is 11.8 Å². The number of Topliss-reactive ketones (excluding diaryl/α,β-unsaturated/α-hetero) is 1. The average Bonchev–Trinajstić information content (AvgIpc) is 2.26. The van der Waals surface area contributed by atoms with E-state index in [9.17, 15) is 9.59 Å². The van der Waals surface area contributed by atoms with E-state index in [1.165, 1.54) is 0 Å². The van der Waals surface area contributed by atoms with Crippen LogP contribution < -0.4 is 0 Å². The third kappa shape index (κ3) is 3.26. The third-order valence-electron chi connectivity index (χ3n) is 3.74. The van der Waals surface area contributed by atoms with Gasteiger partial charge in [-0.05, 0) is 27.3 Å². The first kappa shape index (κ1) is 14.3. The van der Waals surface area contributed by atoms with Gasteiger partial charge in [-0.3, -0.25) is 4.79 Å². The lowest BCUT2D eigenvalue weighted by atomic mass is 9.83. The van der Waals surface area contributed by atoms with Crippen LogP contribution in [0.25, 0.3) is 0 Å². The van der Waals surface area contributed by atoms with Crippen LogP contribution in [0.3, 0.4) is 0 Å². The van der Waals surface area contributed by atoms with Crippen LogP contribution in [0, 0.1) is 11.8 Å². The Labute approximate surface area is 114 Å². The summed E-state index contributed by atoms with van der Waals surface area (Å²) in [5, 5.41) is 0. The smallest absolute Gasteiger partial charge is 0.410 e. The van der Waals surface area contributed by atoms with Gasteiger partial charge < -0.3 is 14.5 Å². The highest BCUT2D eigenvalue weighted by Gasteiger charge is 2.42. The summed E-state index contributed by atoms with van der Waals surface area (Å²) in [6.45, 7) is 11.2. The second-order valence-electron chi connectivity index (χ2n) is 6.53. The summed E-state index contributed by atoms with van der Waals surface area (Å²) in [5.41, 5.74) is -0.483. The number of rotatable bonds is 1. The van der Waals surface area contributed by atoms with E-state index in [0.29, 0.717) is 18.9 Å². The highest BCUT2D eigenvalue weighted by molar-refractivity contribution is 5.87. The molecule has 0 unspecified atom stereocenters. The summed E-state index contributed by atoms with van der Waals surface area (Å²) in [6.07, 6.45) is -0.292. The molecule has 19 heavy (non-hydrogen) atoms. The van der Waals surface area contributed by atoms with Crippen LogP contribution in [0.1, 0.15) is 27.7 Å². The summed E-state index contributed by atoms with van der Waals surface area (Å²) in [5.74, 6) is 0.240. The first-order valence-corrected chi connectivity index (χ1v) is 7.04. The molecule has 0 aromatic carbocycles. The van der Waals surface area contributed by atoms with Crippen LogP contribution in [0.5, 0.6) is 0 Å². The zero-order chi connectivity index (χ0) is 14.2. The number of carbonyl (C=O) groups is 2. The standard InChI is InChI=1S/C14H24N2O3/c1-5-15-6-10-8-16(9-11(7-15)12(10)17)13(18)19-14(2,3)4/h10-11H,5-9H2,1-4H3/t10-,11-/m0/s1. The number of amides is 1. The second kappa shape index (κ2) is 5.12. The molecule has 0 aliphatic carbocycles. The van der Waals surface area contributed by atoms with Crippen molar-refractivity contribution in [3.63, 3.8) is 0 Å². The van der Waals surface area contributed by atoms with Crippen molar-refractivity contribution in [2.45, 2.75) is 33.3 Å². The van der Waals surface area contributed by atoms with Crippen LogP contribution in [0.2, 0.25) is 0 Å². The Bertz CT molecular complexity index is 357. The zero-order valence-corrected chi connectivity index (χ0v) is 12.3. The highest BCUT2D eigenvalue weighted by atomic mass is 16.6. The molecular formula is C14H24N2O3. The zero-order valence-electron chi connectivity index (χ0n) is 12.3. The van der Waals surface area contributed by atoms with Crippen molar-refractivity contribution in [3.05, 3.63) is 0 Å². The molecule has 0 radical (unpaired) electrons. The number of hydrogen-bond donors (Lipinski definition) is 0. The minimum Gasteiger partial charge on any atom is -0.444 e. The van der Waals surface area contributed by atoms with Crippen LogP contribution in [0.4, 0.5) is 4.79 Å². The lowest BCUT2D eigenvalue weighted by molar-refractivity contribution is -0.136. The molecule has 108 valence electrons. The fraction of sp³-hybridized carbons (Fsp3) is 0.857. The normalized spacial score (nSPS) is 28.4. The summed E-state index contributed by atoms with van der Waals surface area (Å²) in [7, 11) is 0. The molecule has 2 saturated heterocycles. The molecule has 2 rings (SSSR count). The molecule has 2 fully saturated rings. The van der Waals surface area contributed by atoms with Gasteiger partial charge in [-0.25, -0.2) is 4.79 Å². The predicted molar refractivity (Wildman–Crippen MR) is 71.9 cm³/mol. The molecule has 2 heterocycles. The summed E-state index contributed by atoms with van der Waals surface area (Å²) < 4.78 is 5.39. The maximum Gasteiger partial charge on any atom is 0.410 e. The van der Waals surface area contributed by atoms with Crippen molar-refractivity contribution in [2.75, 3.05) is 32.7 Å². The molecule has 2 bridgehead atoms. The largest absolute Gasteiger partial charge is 0.444 e. The third-order valence-corrected chi connectivity index (χ3v) is 3.74. The van der Waals surface area contributed by atoms with Gasteiger partial charge in [0.1, 0.15) is 11.4 Å². The van der Waals surface area contributed by atoms with Gasteiger partial charge in [0.15, 0.2) is 0 Å². The number of ether oxygens (including phenoxy) is 1. The summed E-state index contributed by atoms with van der Waals surface area (Å²) >= 11 is 0. The number of ketones is 1. The molecule has 5 nitrogen and oxygen atoms in total. The molecule has 0 aromatic heterocycles. The molecule has 1 amide bonds. The Morgan fingerprint density at radius 2 is 1.74 bits per heavy atom. The Morgan fingerprint density at radius 3 is 2.16 bits per heavy atom. The molecule has 0 saturated carbocycles. The molecule has 5 heteroatoms. The van der Waals surface area contributed by atoms with E-state index in [4.69, 9.17) is 4.74 Å². The van der Waals surface area contributed by atoms with Crippen molar-refractivity contribution in [3.8, 4) is 0 Å².